The second kappa shape index (κ2) is 7.41. The number of aromatic nitrogens is 1. The highest BCUT2D eigenvalue weighted by Gasteiger charge is 2.25. The monoisotopic (exact) mass is 328 g/mol. The average Bonchev–Trinajstić information content (AvgIpc) is 2.81. The molecule has 0 aromatic carbocycles. The van der Waals surface area contributed by atoms with Gasteiger partial charge < -0.3 is 10.6 Å². The van der Waals surface area contributed by atoms with Gasteiger partial charge in [0.15, 0.2) is 0 Å². The number of imide groups is 1. The molecule has 0 radical (unpaired) electrons. The minimum Gasteiger partial charge on any atom is -0.349 e. The lowest BCUT2D eigenvalue weighted by atomic mass is 10.1. The number of thiazole rings is 1. The van der Waals surface area contributed by atoms with Gasteiger partial charge >= 0.3 is 6.03 Å². The van der Waals surface area contributed by atoms with E-state index in [1.165, 1.54) is 0 Å². The molecule has 2 heterocycles. The summed E-state index contributed by atoms with van der Waals surface area (Å²) in [5.74, 6) is 0.175. The predicted molar refractivity (Wildman–Crippen MR) is 80.9 cm³/mol. The highest BCUT2D eigenvalue weighted by atomic mass is 32.2. The summed E-state index contributed by atoms with van der Waals surface area (Å²) in [6.07, 6.45) is 2.44. The molecule has 1 aliphatic rings. The lowest BCUT2D eigenvalue weighted by Crippen LogP contribution is -2.48. The highest BCUT2D eigenvalue weighted by molar-refractivity contribution is 7.97. The zero-order valence-corrected chi connectivity index (χ0v) is 13.1. The summed E-state index contributed by atoms with van der Waals surface area (Å²) < 4.78 is 0. The lowest BCUT2D eigenvalue weighted by molar-refractivity contribution is -0.123. The molecule has 1 atom stereocenters. The average molecular weight is 328 g/mol. The third kappa shape index (κ3) is 4.71. The van der Waals surface area contributed by atoms with Crippen LogP contribution in [0.1, 0.15) is 23.5 Å². The predicted octanol–water partition coefficient (Wildman–Crippen LogP) is 0.610. The number of carbonyl (C=O) groups excluding carboxylic acids is 3. The first-order valence-corrected chi connectivity index (χ1v) is 8.66. The number of nitrogens with one attached hydrogen (secondary N) is 3. The van der Waals surface area contributed by atoms with Gasteiger partial charge in [0.25, 0.3) is 0 Å². The number of carbonyl (C=O) groups is 3. The molecule has 1 saturated heterocycles. The molecule has 1 aliphatic heterocycles. The minimum atomic E-state index is -0.694. The van der Waals surface area contributed by atoms with Crippen molar-refractivity contribution in [2.45, 2.75) is 31.2 Å². The number of amides is 4. The van der Waals surface area contributed by atoms with Crippen LogP contribution < -0.4 is 16.0 Å². The Balaban J connectivity index is 1.85. The van der Waals surface area contributed by atoms with Gasteiger partial charge in [0, 0.05) is 17.6 Å². The van der Waals surface area contributed by atoms with Crippen molar-refractivity contribution in [2.24, 2.45) is 0 Å². The molecule has 7 nitrogen and oxygen atoms in total. The Kier molecular flexibility index (Phi) is 5.57. The van der Waals surface area contributed by atoms with Crippen LogP contribution in [0.5, 0.6) is 0 Å². The van der Waals surface area contributed by atoms with E-state index in [2.05, 4.69) is 20.9 Å². The Labute approximate surface area is 130 Å². The third-order valence-corrected chi connectivity index (χ3v) is 4.49. The molecule has 2 rings (SSSR count). The standard InChI is InChI=1S/C12H16N4O3S2/c1-20-6-10-14-7(5-21-10)4-13-11(18)8-2-3-9(17)16-12(19)15-8/h5,8H,2-4,6H2,1H3,(H,13,18)(H2,15,16,17,19)/t8-/m0/s1. The van der Waals surface area contributed by atoms with E-state index in [4.69, 9.17) is 0 Å². The molecule has 21 heavy (non-hydrogen) atoms. The molecule has 114 valence electrons. The number of urea groups is 1. The van der Waals surface area contributed by atoms with Gasteiger partial charge in [-0.15, -0.1) is 11.3 Å². The van der Waals surface area contributed by atoms with Crippen LogP contribution in [0.15, 0.2) is 5.38 Å². The minimum absolute atomic E-state index is 0.144. The topological polar surface area (TPSA) is 100 Å². The largest absolute Gasteiger partial charge is 0.349 e. The molecular formula is C12H16N4O3S2. The molecule has 9 heteroatoms. The Morgan fingerprint density at radius 2 is 2.38 bits per heavy atom. The zero-order chi connectivity index (χ0) is 15.2. The summed E-state index contributed by atoms with van der Waals surface area (Å²) in [4.78, 5) is 38.9. The van der Waals surface area contributed by atoms with E-state index in [-0.39, 0.29) is 24.7 Å². The molecule has 4 amide bonds. The molecule has 1 fully saturated rings. The Hall–Kier alpha value is -1.61. The Morgan fingerprint density at radius 3 is 3.14 bits per heavy atom. The van der Waals surface area contributed by atoms with Gasteiger partial charge in [-0.25, -0.2) is 9.78 Å². The van der Waals surface area contributed by atoms with Gasteiger partial charge in [-0.2, -0.15) is 11.8 Å². The zero-order valence-electron chi connectivity index (χ0n) is 11.5. The quantitative estimate of drug-likeness (QED) is 0.735. The molecule has 0 spiro atoms. The summed E-state index contributed by atoms with van der Waals surface area (Å²) >= 11 is 3.25. The molecular weight excluding hydrogens is 312 g/mol. The molecule has 3 N–H and O–H groups in total. The maximum Gasteiger partial charge on any atom is 0.322 e. The van der Waals surface area contributed by atoms with Crippen LogP contribution in [-0.4, -0.2) is 35.1 Å². The van der Waals surface area contributed by atoms with Crippen LogP contribution in [0.25, 0.3) is 0 Å². The molecule has 1 aromatic heterocycles. The maximum absolute atomic E-state index is 12.0. The van der Waals surface area contributed by atoms with Crippen molar-refractivity contribution in [1.29, 1.82) is 0 Å². The van der Waals surface area contributed by atoms with Gasteiger partial charge in [0.2, 0.25) is 11.8 Å². The first-order chi connectivity index (χ1) is 10.1. The van der Waals surface area contributed by atoms with E-state index in [9.17, 15) is 14.4 Å². The van der Waals surface area contributed by atoms with Gasteiger partial charge in [0.05, 0.1) is 12.2 Å². The number of rotatable bonds is 5. The fourth-order valence-corrected chi connectivity index (χ4v) is 3.36. The fourth-order valence-electron chi connectivity index (χ4n) is 1.85. The summed E-state index contributed by atoms with van der Waals surface area (Å²) in [7, 11) is 0. The van der Waals surface area contributed by atoms with Crippen LogP contribution in [0, 0.1) is 0 Å². The van der Waals surface area contributed by atoms with Crippen LogP contribution in [0.3, 0.4) is 0 Å². The van der Waals surface area contributed by atoms with Crippen LogP contribution in [0.4, 0.5) is 4.79 Å². The van der Waals surface area contributed by atoms with Crippen molar-refractivity contribution in [3.05, 3.63) is 16.1 Å². The molecule has 0 unspecified atom stereocenters. The van der Waals surface area contributed by atoms with Crippen molar-refractivity contribution in [3.63, 3.8) is 0 Å². The van der Waals surface area contributed by atoms with E-state index < -0.39 is 12.1 Å². The van der Waals surface area contributed by atoms with Crippen molar-refractivity contribution >= 4 is 40.9 Å². The van der Waals surface area contributed by atoms with E-state index in [1.54, 1.807) is 23.1 Å². The van der Waals surface area contributed by atoms with Crippen molar-refractivity contribution in [2.75, 3.05) is 6.26 Å². The van der Waals surface area contributed by atoms with E-state index in [1.807, 2.05) is 11.6 Å². The normalized spacial score (nSPS) is 18.6. The fraction of sp³-hybridized carbons (Fsp3) is 0.500. The summed E-state index contributed by atoms with van der Waals surface area (Å²) in [5, 5.41) is 10.3. The van der Waals surface area contributed by atoms with E-state index >= 15 is 0 Å². The second-order valence-electron chi connectivity index (χ2n) is 4.50. The van der Waals surface area contributed by atoms with Gasteiger partial charge in [-0.3, -0.25) is 14.9 Å². The van der Waals surface area contributed by atoms with E-state index in [0.717, 1.165) is 16.5 Å². The lowest BCUT2D eigenvalue weighted by Gasteiger charge is -2.14. The Bertz CT molecular complexity index is 546. The van der Waals surface area contributed by atoms with Gasteiger partial charge in [0.1, 0.15) is 11.0 Å². The van der Waals surface area contributed by atoms with Crippen molar-refractivity contribution in [1.82, 2.24) is 20.9 Å². The smallest absolute Gasteiger partial charge is 0.322 e. The van der Waals surface area contributed by atoms with Crippen molar-refractivity contribution in [3.8, 4) is 0 Å². The van der Waals surface area contributed by atoms with Crippen LogP contribution >= 0.6 is 23.1 Å². The molecule has 0 saturated carbocycles. The summed E-state index contributed by atoms with van der Waals surface area (Å²) in [6, 6.07) is -1.32. The summed E-state index contributed by atoms with van der Waals surface area (Å²) in [6.45, 7) is 0.317. The number of nitrogens with zero attached hydrogens (tertiary/aromatic N) is 1. The molecule has 0 aliphatic carbocycles. The maximum atomic E-state index is 12.0. The SMILES string of the molecule is CSCc1nc(CNC(=O)[C@@H]2CCC(=O)NC(=O)N2)cs1. The van der Waals surface area contributed by atoms with Gasteiger partial charge in [-0.1, -0.05) is 0 Å². The first kappa shape index (κ1) is 15.8. The second-order valence-corrected chi connectivity index (χ2v) is 6.30. The third-order valence-electron chi connectivity index (χ3n) is 2.85. The molecule has 1 aromatic rings. The van der Waals surface area contributed by atoms with Crippen LogP contribution in [0.2, 0.25) is 0 Å². The highest BCUT2D eigenvalue weighted by Crippen LogP contribution is 2.14. The summed E-state index contributed by atoms with van der Waals surface area (Å²) in [5.41, 5.74) is 0.798. The number of thioether (sulfide) groups is 1. The van der Waals surface area contributed by atoms with Crippen LogP contribution in [-0.2, 0) is 21.9 Å². The number of hydrogen-bond donors (Lipinski definition) is 3. The number of hydrogen-bond acceptors (Lipinski definition) is 6. The van der Waals surface area contributed by atoms with E-state index in [0.29, 0.717) is 6.54 Å². The van der Waals surface area contributed by atoms with Gasteiger partial charge in [-0.05, 0) is 12.7 Å². The van der Waals surface area contributed by atoms with Crippen molar-refractivity contribution < 1.29 is 14.4 Å². The first-order valence-electron chi connectivity index (χ1n) is 6.38. The Morgan fingerprint density at radius 1 is 1.57 bits per heavy atom. The molecule has 0 bridgehead atoms.